The summed E-state index contributed by atoms with van der Waals surface area (Å²) < 4.78 is 27.8. The van der Waals surface area contributed by atoms with Crippen molar-refractivity contribution in [2.75, 3.05) is 25.1 Å². The second-order valence-corrected chi connectivity index (χ2v) is 6.12. The number of fused-ring (bicyclic) bond motifs is 2. The number of hydrogen-bond donors (Lipinski definition) is 1. The Labute approximate surface area is 159 Å². The van der Waals surface area contributed by atoms with E-state index >= 15 is 0 Å². The summed E-state index contributed by atoms with van der Waals surface area (Å²) in [6.07, 6.45) is -0.820. The van der Waals surface area contributed by atoms with Crippen LogP contribution >= 0.6 is 0 Å². The molecule has 2 aliphatic heterocycles. The van der Waals surface area contributed by atoms with Gasteiger partial charge in [0.15, 0.2) is 23.0 Å². The van der Waals surface area contributed by atoms with E-state index in [1.165, 1.54) is 0 Å². The summed E-state index contributed by atoms with van der Waals surface area (Å²) in [6.45, 7) is 1.08. The summed E-state index contributed by atoms with van der Waals surface area (Å²) in [5.74, 6) is 2.20. The molecule has 1 N–H and O–H groups in total. The van der Waals surface area contributed by atoms with Crippen molar-refractivity contribution in [1.82, 2.24) is 10.2 Å². The highest BCUT2D eigenvalue weighted by Gasteiger charge is 2.28. The molecule has 5 rings (SSSR count). The first-order valence-corrected chi connectivity index (χ1v) is 8.69. The highest BCUT2D eigenvalue weighted by Crippen LogP contribution is 2.34. The Hall–Kier alpha value is -3.75. The molecule has 3 aromatic rings. The molecule has 1 atom stereocenters. The number of aromatic nitrogens is 2. The van der Waals surface area contributed by atoms with Crippen LogP contribution in [0.2, 0.25) is 0 Å². The molecule has 0 spiro atoms. The topological polar surface area (TPSA) is 105 Å². The van der Waals surface area contributed by atoms with Crippen molar-refractivity contribution in [3.8, 4) is 34.5 Å². The van der Waals surface area contributed by atoms with Gasteiger partial charge in [0, 0.05) is 5.56 Å². The molecule has 0 saturated heterocycles. The van der Waals surface area contributed by atoms with Crippen LogP contribution in [0.1, 0.15) is 0 Å². The molecule has 2 aromatic carbocycles. The minimum absolute atomic E-state index is 0.0302. The van der Waals surface area contributed by atoms with E-state index in [1.807, 2.05) is 6.07 Å². The molecule has 0 aliphatic carbocycles. The number of nitrogens with one attached hydrogen (secondary N) is 1. The van der Waals surface area contributed by atoms with Crippen molar-refractivity contribution < 1.29 is 28.2 Å². The normalized spacial score (nSPS) is 17.1. The van der Waals surface area contributed by atoms with Crippen LogP contribution in [0.4, 0.5) is 6.01 Å². The molecule has 1 aromatic heterocycles. The zero-order valence-corrected chi connectivity index (χ0v) is 14.6. The van der Waals surface area contributed by atoms with Crippen molar-refractivity contribution in [2.24, 2.45) is 0 Å². The van der Waals surface area contributed by atoms with Crippen LogP contribution in [0.3, 0.4) is 0 Å². The summed E-state index contributed by atoms with van der Waals surface area (Å²) in [7, 11) is 0. The summed E-state index contributed by atoms with van der Waals surface area (Å²) in [5, 5.41) is 10.4. The zero-order chi connectivity index (χ0) is 18.9. The van der Waals surface area contributed by atoms with Gasteiger partial charge in [-0.2, -0.15) is 0 Å². The Morgan fingerprint density at radius 1 is 0.929 bits per heavy atom. The van der Waals surface area contributed by atoms with Gasteiger partial charge in [-0.1, -0.05) is 17.2 Å². The van der Waals surface area contributed by atoms with Gasteiger partial charge < -0.3 is 23.4 Å². The monoisotopic (exact) mass is 381 g/mol. The molecule has 0 saturated carbocycles. The maximum Gasteiger partial charge on any atom is 0.322 e. The average Bonchev–Trinajstić information content (AvgIpc) is 3.21. The number of carbonyl (C=O) groups excluding carboxylic acids is 1. The lowest BCUT2D eigenvalue weighted by molar-refractivity contribution is -0.125. The molecule has 9 heteroatoms. The standard InChI is InChI=1S/C19H15N3O6/c23-17(16-10-26-12-3-1-2-4-14(12)27-16)20-19-22-21-18(28-19)11-5-6-13-15(9-11)25-8-7-24-13/h1-6,9,16H,7-8,10H2,(H,20,22,23)/t16-/m0/s1. The van der Waals surface area contributed by atoms with E-state index in [2.05, 4.69) is 15.5 Å². The van der Waals surface area contributed by atoms with Gasteiger partial charge in [-0.15, -0.1) is 5.10 Å². The Kier molecular flexibility index (Phi) is 3.97. The minimum atomic E-state index is -0.820. The number of ether oxygens (including phenoxy) is 4. The maximum absolute atomic E-state index is 12.4. The van der Waals surface area contributed by atoms with Gasteiger partial charge in [-0.3, -0.25) is 10.1 Å². The van der Waals surface area contributed by atoms with Crippen LogP contribution in [0.25, 0.3) is 11.5 Å². The third kappa shape index (κ3) is 3.07. The summed E-state index contributed by atoms with van der Waals surface area (Å²) in [5.41, 5.74) is 0.656. The number of benzene rings is 2. The third-order valence-electron chi connectivity index (χ3n) is 4.25. The predicted octanol–water partition coefficient (Wildman–Crippen LogP) is 2.29. The molecule has 142 valence electrons. The average molecular weight is 381 g/mol. The van der Waals surface area contributed by atoms with Crippen LogP contribution in [0.5, 0.6) is 23.0 Å². The lowest BCUT2D eigenvalue weighted by Crippen LogP contribution is -2.40. The Morgan fingerprint density at radius 2 is 1.71 bits per heavy atom. The highest BCUT2D eigenvalue weighted by atomic mass is 16.6. The molecular formula is C19H15N3O6. The van der Waals surface area contributed by atoms with Gasteiger partial charge in [0.2, 0.25) is 12.0 Å². The lowest BCUT2D eigenvalue weighted by atomic mass is 10.2. The van der Waals surface area contributed by atoms with E-state index in [0.717, 1.165) is 0 Å². The third-order valence-corrected chi connectivity index (χ3v) is 4.25. The van der Waals surface area contributed by atoms with Crippen molar-refractivity contribution in [3.05, 3.63) is 42.5 Å². The maximum atomic E-state index is 12.4. The van der Waals surface area contributed by atoms with E-state index in [1.54, 1.807) is 36.4 Å². The van der Waals surface area contributed by atoms with Crippen molar-refractivity contribution in [1.29, 1.82) is 0 Å². The summed E-state index contributed by atoms with van der Waals surface area (Å²) in [6, 6.07) is 12.4. The van der Waals surface area contributed by atoms with Crippen molar-refractivity contribution in [2.45, 2.75) is 6.10 Å². The zero-order valence-electron chi connectivity index (χ0n) is 14.6. The molecule has 2 aliphatic rings. The second kappa shape index (κ2) is 6.76. The number of rotatable bonds is 3. The number of amides is 1. The molecule has 0 unspecified atom stereocenters. The van der Waals surface area contributed by atoms with Crippen LogP contribution < -0.4 is 24.3 Å². The van der Waals surface area contributed by atoms with Gasteiger partial charge in [-0.05, 0) is 30.3 Å². The van der Waals surface area contributed by atoms with E-state index in [4.69, 9.17) is 23.4 Å². The van der Waals surface area contributed by atoms with Crippen LogP contribution in [0.15, 0.2) is 46.9 Å². The largest absolute Gasteiger partial charge is 0.486 e. The first-order chi connectivity index (χ1) is 13.8. The fourth-order valence-corrected chi connectivity index (χ4v) is 2.90. The first kappa shape index (κ1) is 16.4. The number of anilines is 1. The molecular weight excluding hydrogens is 366 g/mol. The van der Waals surface area contributed by atoms with E-state index in [9.17, 15) is 4.79 Å². The van der Waals surface area contributed by atoms with Gasteiger partial charge >= 0.3 is 6.01 Å². The van der Waals surface area contributed by atoms with Crippen LogP contribution in [-0.2, 0) is 4.79 Å². The van der Waals surface area contributed by atoms with Crippen molar-refractivity contribution in [3.63, 3.8) is 0 Å². The van der Waals surface area contributed by atoms with Gasteiger partial charge in [-0.25, -0.2) is 0 Å². The highest BCUT2D eigenvalue weighted by molar-refractivity contribution is 5.93. The van der Waals surface area contributed by atoms with Crippen molar-refractivity contribution >= 4 is 11.9 Å². The first-order valence-electron chi connectivity index (χ1n) is 8.69. The second-order valence-electron chi connectivity index (χ2n) is 6.12. The fourth-order valence-electron chi connectivity index (χ4n) is 2.90. The summed E-state index contributed by atoms with van der Waals surface area (Å²) >= 11 is 0. The molecule has 3 heterocycles. The van der Waals surface area contributed by atoms with Gasteiger partial charge in [0.05, 0.1) is 0 Å². The van der Waals surface area contributed by atoms with E-state index < -0.39 is 12.0 Å². The number of hydrogen-bond acceptors (Lipinski definition) is 8. The van der Waals surface area contributed by atoms with Gasteiger partial charge in [0.1, 0.15) is 19.8 Å². The van der Waals surface area contributed by atoms with E-state index in [-0.39, 0.29) is 18.5 Å². The quantitative estimate of drug-likeness (QED) is 0.737. The molecule has 0 fully saturated rings. The Balaban J connectivity index is 1.29. The van der Waals surface area contributed by atoms with E-state index in [0.29, 0.717) is 41.8 Å². The Morgan fingerprint density at radius 3 is 2.61 bits per heavy atom. The molecule has 0 radical (unpaired) electrons. The summed E-state index contributed by atoms with van der Waals surface area (Å²) in [4.78, 5) is 12.4. The number of nitrogens with zero attached hydrogens (tertiary/aromatic N) is 2. The minimum Gasteiger partial charge on any atom is -0.486 e. The Bertz CT molecular complexity index is 1030. The van der Waals surface area contributed by atoms with Crippen LogP contribution in [-0.4, -0.2) is 42.0 Å². The molecule has 28 heavy (non-hydrogen) atoms. The molecule has 0 bridgehead atoms. The molecule has 1 amide bonds. The van der Waals surface area contributed by atoms with Gasteiger partial charge in [0.25, 0.3) is 5.91 Å². The number of para-hydroxylation sites is 2. The lowest BCUT2D eigenvalue weighted by Gasteiger charge is -2.24. The fraction of sp³-hybridized carbons (Fsp3) is 0.211. The number of carbonyl (C=O) groups is 1. The predicted molar refractivity (Wildman–Crippen MR) is 95.7 cm³/mol. The van der Waals surface area contributed by atoms with Crippen LogP contribution in [0, 0.1) is 0 Å². The molecule has 9 nitrogen and oxygen atoms in total. The SMILES string of the molecule is O=C(Nc1nnc(-c2ccc3c(c2)OCCO3)o1)[C@@H]1COc2ccccc2O1. The smallest absolute Gasteiger partial charge is 0.322 e.